The van der Waals surface area contributed by atoms with Crippen LogP contribution in [0.15, 0.2) is 45.4 Å². The molecule has 3 nitrogen and oxygen atoms in total. The molecular weight excluding hydrogens is 320 g/mol. The van der Waals surface area contributed by atoms with Gasteiger partial charge in [-0.3, -0.25) is 9.59 Å². The highest BCUT2D eigenvalue weighted by atomic mass is 32.1. The van der Waals surface area contributed by atoms with Crippen LogP contribution in [0.2, 0.25) is 0 Å². The average molecular weight is 339 g/mol. The summed E-state index contributed by atoms with van der Waals surface area (Å²) in [6.45, 7) is 7.76. The Balaban J connectivity index is 2.04. The third-order valence-corrected chi connectivity index (χ3v) is 4.77. The largest absolute Gasteiger partial charge is 0.467 e. The molecule has 1 aliphatic heterocycles. The minimum atomic E-state index is -0.175. The van der Waals surface area contributed by atoms with Gasteiger partial charge in [0.05, 0.1) is 22.0 Å². The minimum absolute atomic E-state index is 0.0776. The van der Waals surface area contributed by atoms with Crippen molar-refractivity contribution in [3.05, 3.63) is 82.0 Å². The van der Waals surface area contributed by atoms with Crippen molar-refractivity contribution < 1.29 is 4.74 Å². The van der Waals surface area contributed by atoms with Crippen molar-refractivity contribution in [3.63, 3.8) is 0 Å². The van der Waals surface area contributed by atoms with Gasteiger partial charge in [0.25, 0.3) is 0 Å². The molecule has 0 spiro atoms. The SMILES string of the molecule is CC1=CC(C=c2c(=O)c(=Cc3cc(C)[s+]c(C)c3)c2=O)C=C(C)O1. The van der Waals surface area contributed by atoms with Crippen LogP contribution in [0.1, 0.15) is 29.2 Å². The quantitative estimate of drug-likeness (QED) is 0.789. The maximum absolute atomic E-state index is 12.4. The van der Waals surface area contributed by atoms with E-state index in [1.165, 1.54) is 0 Å². The lowest BCUT2D eigenvalue weighted by molar-refractivity contribution is 0.296. The van der Waals surface area contributed by atoms with E-state index in [1.54, 1.807) is 23.5 Å². The number of rotatable bonds is 2. The number of hydrogen-bond donors (Lipinski definition) is 0. The van der Waals surface area contributed by atoms with E-state index in [1.807, 2.05) is 52.0 Å². The smallest absolute Gasteiger partial charge is 0.217 e. The van der Waals surface area contributed by atoms with Crippen molar-refractivity contribution >= 4 is 23.5 Å². The van der Waals surface area contributed by atoms with Gasteiger partial charge in [-0.2, -0.15) is 0 Å². The molecule has 0 radical (unpaired) electrons. The van der Waals surface area contributed by atoms with E-state index in [2.05, 4.69) is 0 Å². The zero-order valence-corrected chi connectivity index (χ0v) is 15.0. The number of ether oxygens (including phenoxy) is 1. The first kappa shape index (κ1) is 16.5. The van der Waals surface area contributed by atoms with Gasteiger partial charge in [0.15, 0.2) is 0 Å². The lowest BCUT2D eigenvalue weighted by Gasteiger charge is -2.15. The third kappa shape index (κ3) is 3.29. The van der Waals surface area contributed by atoms with Gasteiger partial charge in [-0.05, 0) is 37.6 Å². The normalized spacial score (nSPS) is 14.8. The summed E-state index contributed by atoms with van der Waals surface area (Å²) >= 11 is 1.69. The second-order valence-corrected chi connectivity index (χ2v) is 7.63. The fourth-order valence-corrected chi connectivity index (χ4v) is 3.89. The summed E-state index contributed by atoms with van der Waals surface area (Å²) in [4.78, 5) is 27.0. The Kier molecular flexibility index (Phi) is 4.33. The van der Waals surface area contributed by atoms with E-state index in [0.717, 1.165) is 26.8 Å². The minimum Gasteiger partial charge on any atom is -0.467 e. The third-order valence-electron chi connectivity index (χ3n) is 3.89. The summed E-state index contributed by atoms with van der Waals surface area (Å²) in [5.74, 6) is 1.48. The Morgan fingerprint density at radius 3 is 2.00 bits per heavy atom. The second-order valence-electron chi connectivity index (χ2n) is 6.14. The van der Waals surface area contributed by atoms with Crippen molar-refractivity contribution in [1.82, 2.24) is 0 Å². The summed E-state index contributed by atoms with van der Waals surface area (Å²) in [6, 6.07) is 3.98. The molecule has 4 heteroatoms. The van der Waals surface area contributed by atoms with Gasteiger partial charge in [-0.15, -0.1) is 0 Å². The van der Waals surface area contributed by atoms with Crippen LogP contribution >= 0.6 is 11.3 Å². The molecule has 3 rings (SSSR count). The van der Waals surface area contributed by atoms with E-state index in [0.29, 0.717) is 0 Å². The number of allylic oxidation sites excluding steroid dienone is 4. The Morgan fingerprint density at radius 2 is 1.46 bits per heavy atom. The summed E-state index contributed by atoms with van der Waals surface area (Å²) in [7, 11) is 0. The summed E-state index contributed by atoms with van der Waals surface area (Å²) in [5.41, 5.74) is 0.551. The summed E-state index contributed by atoms with van der Waals surface area (Å²) < 4.78 is 5.44. The van der Waals surface area contributed by atoms with Gasteiger partial charge in [-0.1, -0.05) is 6.08 Å². The van der Waals surface area contributed by atoms with Crippen molar-refractivity contribution in [2.75, 3.05) is 0 Å². The highest BCUT2D eigenvalue weighted by Gasteiger charge is 2.14. The molecule has 122 valence electrons. The van der Waals surface area contributed by atoms with E-state index in [9.17, 15) is 9.59 Å². The van der Waals surface area contributed by atoms with Crippen LogP contribution in [-0.4, -0.2) is 0 Å². The highest BCUT2D eigenvalue weighted by Crippen LogP contribution is 2.19. The molecular formula is C20H19O3S+. The Morgan fingerprint density at radius 1 is 0.917 bits per heavy atom. The molecule has 0 N–H and O–H groups in total. The van der Waals surface area contributed by atoms with Crippen LogP contribution in [0.3, 0.4) is 0 Å². The monoisotopic (exact) mass is 339 g/mol. The van der Waals surface area contributed by atoms with Gasteiger partial charge < -0.3 is 4.74 Å². The van der Waals surface area contributed by atoms with Gasteiger partial charge >= 0.3 is 0 Å². The lowest BCUT2D eigenvalue weighted by atomic mass is 10.0. The second kappa shape index (κ2) is 6.29. The molecule has 1 aliphatic rings. The van der Waals surface area contributed by atoms with E-state index in [4.69, 9.17) is 4.74 Å². The average Bonchev–Trinajstić information content (AvgIpc) is 2.48. The molecule has 0 saturated heterocycles. The predicted octanol–water partition coefficient (Wildman–Crippen LogP) is 2.31. The van der Waals surface area contributed by atoms with Crippen LogP contribution in [0, 0.1) is 19.8 Å². The standard InChI is InChI=1S/C20H19O3S/c1-11-5-15(6-12(2)23-11)9-17-19(21)18(20(17)22)10-16-7-13(3)24-14(4)8-16/h5-10,15H,1-4H3/q+1. The van der Waals surface area contributed by atoms with Crippen molar-refractivity contribution in [1.29, 1.82) is 0 Å². The highest BCUT2D eigenvalue weighted by molar-refractivity contribution is 7.11. The molecule has 0 unspecified atom stereocenters. The molecule has 2 aromatic rings. The van der Waals surface area contributed by atoms with Gasteiger partial charge in [0, 0.05) is 31.9 Å². The zero-order valence-electron chi connectivity index (χ0n) is 14.2. The topological polar surface area (TPSA) is 43.4 Å². The predicted molar refractivity (Wildman–Crippen MR) is 98.9 cm³/mol. The van der Waals surface area contributed by atoms with E-state index in [-0.39, 0.29) is 27.2 Å². The molecule has 0 bridgehead atoms. The number of aryl methyl sites for hydroxylation is 2. The van der Waals surface area contributed by atoms with E-state index >= 15 is 0 Å². The van der Waals surface area contributed by atoms with Crippen molar-refractivity contribution in [2.45, 2.75) is 27.7 Å². The molecule has 24 heavy (non-hydrogen) atoms. The Hall–Kier alpha value is -2.33. The molecule has 2 heterocycles. The first-order chi connectivity index (χ1) is 11.3. The van der Waals surface area contributed by atoms with Gasteiger partial charge in [0.1, 0.15) is 0 Å². The maximum Gasteiger partial charge on any atom is 0.217 e. The summed E-state index contributed by atoms with van der Waals surface area (Å²) in [6.07, 6.45) is 7.21. The molecule has 0 saturated carbocycles. The Bertz CT molecular complexity index is 993. The molecule has 0 atom stereocenters. The summed E-state index contributed by atoms with van der Waals surface area (Å²) in [5, 5.41) is 0.540. The number of hydrogen-bond acceptors (Lipinski definition) is 3. The maximum atomic E-state index is 12.4. The fraction of sp³-hybridized carbons (Fsp3) is 0.250. The van der Waals surface area contributed by atoms with Crippen LogP contribution in [0.5, 0.6) is 0 Å². The van der Waals surface area contributed by atoms with Gasteiger partial charge in [0.2, 0.25) is 31.9 Å². The fourth-order valence-electron chi connectivity index (χ4n) is 2.99. The van der Waals surface area contributed by atoms with Crippen LogP contribution in [0.25, 0.3) is 12.2 Å². The van der Waals surface area contributed by atoms with Crippen LogP contribution in [-0.2, 0) is 4.74 Å². The van der Waals surface area contributed by atoms with Crippen molar-refractivity contribution in [3.8, 4) is 0 Å². The van der Waals surface area contributed by atoms with Crippen molar-refractivity contribution in [2.24, 2.45) is 5.92 Å². The molecule has 0 fully saturated rings. The lowest BCUT2D eigenvalue weighted by Crippen LogP contribution is -2.64. The first-order valence-electron chi connectivity index (χ1n) is 7.82. The molecule has 0 aliphatic carbocycles. The zero-order chi connectivity index (χ0) is 17.4. The Labute approximate surface area is 144 Å². The van der Waals surface area contributed by atoms with E-state index < -0.39 is 0 Å². The van der Waals surface area contributed by atoms with Gasteiger partial charge in [-0.25, -0.2) is 0 Å². The first-order valence-corrected chi connectivity index (χ1v) is 8.64. The van der Waals surface area contributed by atoms with Crippen LogP contribution < -0.4 is 21.3 Å². The molecule has 1 aromatic heterocycles. The van der Waals surface area contributed by atoms with Crippen LogP contribution in [0.4, 0.5) is 0 Å². The molecule has 1 aromatic carbocycles. The molecule has 0 amide bonds.